The van der Waals surface area contributed by atoms with Crippen molar-refractivity contribution < 1.29 is 4.79 Å². The lowest BCUT2D eigenvalue weighted by Gasteiger charge is -2.33. The highest BCUT2D eigenvalue weighted by Gasteiger charge is 2.27. The molecular weight excluding hydrogens is 338 g/mol. The van der Waals surface area contributed by atoms with E-state index in [9.17, 15) is 4.79 Å². The number of nitrogens with one attached hydrogen (secondary N) is 1. The Morgan fingerprint density at radius 2 is 2.04 bits per heavy atom. The fourth-order valence-electron chi connectivity index (χ4n) is 3.15. The third-order valence-corrected chi connectivity index (χ3v) is 4.51. The largest absolute Gasteiger partial charge is 0.331 e. The maximum Gasteiger partial charge on any atom is 0.293 e. The van der Waals surface area contributed by atoms with Crippen LogP contribution in [0.3, 0.4) is 0 Å². The summed E-state index contributed by atoms with van der Waals surface area (Å²) in [4.78, 5) is 19.1. The van der Waals surface area contributed by atoms with Gasteiger partial charge in [0.2, 0.25) is 5.82 Å². The average molecular weight is 364 g/mol. The minimum atomic E-state index is -0.0899. The van der Waals surface area contributed by atoms with Crippen LogP contribution in [0.1, 0.15) is 48.7 Å². The molecule has 25 heavy (non-hydrogen) atoms. The highest BCUT2D eigenvalue weighted by atomic mass is 35.5. The highest BCUT2D eigenvalue weighted by Crippen LogP contribution is 2.23. The summed E-state index contributed by atoms with van der Waals surface area (Å²) in [6.45, 7) is 10.5. The Kier molecular flexibility index (Phi) is 6.19. The first kappa shape index (κ1) is 19.4. The number of para-hydroxylation sites is 1. The van der Waals surface area contributed by atoms with Gasteiger partial charge < -0.3 is 10.2 Å². The van der Waals surface area contributed by atoms with Crippen molar-refractivity contribution in [3.63, 3.8) is 0 Å². The van der Waals surface area contributed by atoms with Crippen LogP contribution in [0.4, 0.5) is 0 Å². The molecule has 6 nitrogen and oxygen atoms in total. The molecule has 0 radical (unpaired) electrons. The van der Waals surface area contributed by atoms with E-state index in [0.717, 1.165) is 24.6 Å². The number of nitrogens with zero attached hydrogens (tertiary/aromatic N) is 4. The van der Waals surface area contributed by atoms with Gasteiger partial charge in [-0.3, -0.25) is 4.79 Å². The quantitative estimate of drug-likeness (QED) is 0.910. The van der Waals surface area contributed by atoms with Crippen molar-refractivity contribution in [1.29, 1.82) is 0 Å². The van der Waals surface area contributed by atoms with Gasteiger partial charge in [0.1, 0.15) is 5.82 Å². The van der Waals surface area contributed by atoms with Crippen LogP contribution >= 0.6 is 12.4 Å². The van der Waals surface area contributed by atoms with E-state index in [4.69, 9.17) is 0 Å². The number of amides is 1. The molecule has 136 valence electrons. The number of benzene rings is 1. The molecule has 1 aromatic heterocycles. The SMILES string of the molecule is Cc1nc(C(=O)N2CCNCC2C)nn1-c1ccccc1C(C)C.Cl. The Bertz CT molecular complexity index is 743. The molecule has 1 unspecified atom stereocenters. The number of aromatic nitrogens is 3. The summed E-state index contributed by atoms with van der Waals surface area (Å²) in [5.74, 6) is 1.29. The van der Waals surface area contributed by atoms with Gasteiger partial charge >= 0.3 is 0 Å². The van der Waals surface area contributed by atoms with Crippen LogP contribution < -0.4 is 5.32 Å². The summed E-state index contributed by atoms with van der Waals surface area (Å²) in [7, 11) is 0. The second-order valence-electron chi connectivity index (χ2n) is 6.66. The first-order valence-electron chi connectivity index (χ1n) is 8.53. The number of rotatable bonds is 3. The zero-order valence-electron chi connectivity index (χ0n) is 15.2. The number of piperazine rings is 1. The normalized spacial score (nSPS) is 17.5. The molecule has 2 heterocycles. The third-order valence-electron chi connectivity index (χ3n) is 4.51. The van der Waals surface area contributed by atoms with Gasteiger partial charge in [0.15, 0.2) is 0 Å². The van der Waals surface area contributed by atoms with Gasteiger partial charge in [-0.25, -0.2) is 9.67 Å². The van der Waals surface area contributed by atoms with E-state index < -0.39 is 0 Å². The highest BCUT2D eigenvalue weighted by molar-refractivity contribution is 5.90. The molecule has 1 saturated heterocycles. The first-order valence-corrected chi connectivity index (χ1v) is 8.53. The maximum atomic E-state index is 12.8. The number of hydrogen-bond donors (Lipinski definition) is 1. The zero-order chi connectivity index (χ0) is 17.3. The summed E-state index contributed by atoms with van der Waals surface area (Å²) in [5, 5.41) is 7.82. The van der Waals surface area contributed by atoms with Crippen molar-refractivity contribution in [2.24, 2.45) is 0 Å². The Balaban J connectivity index is 0.00000225. The summed E-state index contributed by atoms with van der Waals surface area (Å²) in [6, 6.07) is 8.29. The van der Waals surface area contributed by atoms with Gasteiger partial charge in [0, 0.05) is 25.7 Å². The van der Waals surface area contributed by atoms with Gasteiger partial charge in [0.05, 0.1) is 5.69 Å². The van der Waals surface area contributed by atoms with Crippen molar-refractivity contribution in [2.75, 3.05) is 19.6 Å². The predicted molar refractivity (Wildman–Crippen MR) is 101 cm³/mol. The second kappa shape index (κ2) is 7.97. The number of hydrogen-bond acceptors (Lipinski definition) is 4. The summed E-state index contributed by atoms with van der Waals surface area (Å²) in [6.07, 6.45) is 0. The molecule has 0 saturated carbocycles. The standard InChI is InChI=1S/C18H25N5O.ClH/c1-12(2)15-7-5-6-8-16(15)23-14(4)20-17(21-23)18(24)22-10-9-19-11-13(22)3;/h5-8,12-13,19H,9-11H2,1-4H3;1H. The molecule has 1 aliphatic heterocycles. The number of aryl methyl sites for hydroxylation is 1. The van der Waals surface area contributed by atoms with Crippen LogP contribution in [0.15, 0.2) is 24.3 Å². The van der Waals surface area contributed by atoms with E-state index in [2.05, 4.69) is 35.3 Å². The van der Waals surface area contributed by atoms with Crippen LogP contribution in [-0.2, 0) is 0 Å². The third kappa shape index (κ3) is 3.85. The molecule has 3 rings (SSSR count). The summed E-state index contributed by atoms with van der Waals surface area (Å²) >= 11 is 0. The fourth-order valence-corrected chi connectivity index (χ4v) is 3.15. The van der Waals surface area contributed by atoms with Gasteiger partial charge in [-0.2, -0.15) is 0 Å². The number of halogens is 1. The van der Waals surface area contributed by atoms with Crippen molar-refractivity contribution in [3.05, 3.63) is 41.5 Å². The van der Waals surface area contributed by atoms with Crippen molar-refractivity contribution in [2.45, 2.75) is 39.7 Å². The average Bonchev–Trinajstić information content (AvgIpc) is 2.96. The van der Waals surface area contributed by atoms with E-state index in [-0.39, 0.29) is 30.2 Å². The smallest absolute Gasteiger partial charge is 0.293 e. The van der Waals surface area contributed by atoms with Gasteiger partial charge in [-0.05, 0) is 31.4 Å². The molecule has 1 N–H and O–H groups in total. The van der Waals surface area contributed by atoms with E-state index >= 15 is 0 Å². The van der Waals surface area contributed by atoms with Crippen molar-refractivity contribution >= 4 is 18.3 Å². The maximum absolute atomic E-state index is 12.8. The van der Waals surface area contributed by atoms with E-state index in [0.29, 0.717) is 12.5 Å². The Hall–Kier alpha value is -1.92. The lowest BCUT2D eigenvalue weighted by Crippen LogP contribution is -2.52. The topological polar surface area (TPSA) is 63.1 Å². The minimum Gasteiger partial charge on any atom is -0.331 e. The van der Waals surface area contributed by atoms with E-state index in [1.165, 1.54) is 5.56 Å². The van der Waals surface area contributed by atoms with Gasteiger partial charge in [-0.15, -0.1) is 17.5 Å². The van der Waals surface area contributed by atoms with Crippen LogP contribution in [0.25, 0.3) is 5.69 Å². The number of carbonyl (C=O) groups excluding carboxylic acids is 1. The fraction of sp³-hybridized carbons (Fsp3) is 0.500. The minimum absolute atomic E-state index is 0. The van der Waals surface area contributed by atoms with Crippen LogP contribution in [0.2, 0.25) is 0 Å². The molecule has 1 atom stereocenters. The monoisotopic (exact) mass is 363 g/mol. The summed E-state index contributed by atoms with van der Waals surface area (Å²) < 4.78 is 1.79. The molecule has 1 amide bonds. The summed E-state index contributed by atoms with van der Waals surface area (Å²) in [5.41, 5.74) is 2.19. The van der Waals surface area contributed by atoms with Crippen molar-refractivity contribution in [1.82, 2.24) is 25.0 Å². The Morgan fingerprint density at radius 3 is 2.72 bits per heavy atom. The van der Waals surface area contributed by atoms with Crippen LogP contribution in [0, 0.1) is 6.92 Å². The predicted octanol–water partition coefficient (Wildman–Crippen LogP) is 2.55. The van der Waals surface area contributed by atoms with E-state index in [1.54, 1.807) is 4.68 Å². The molecule has 1 aliphatic rings. The molecule has 7 heteroatoms. The van der Waals surface area contributed by atoms with Gasteiger partial charge in [-0.1, -0.05) is 32.0 Å². The Morgan fingerprint density at radius 1 is 1.32 bits per heavy atom. The lowest BCUT2D eigenvalue weighted by molar-refractivity contribution is 0.0643. The van der Waals surface area contributed by atoms with Gasteiger partial charge in [0.25, 0.3) is 5.91 Å². The second-order valence-corrected chi connectivity index (χ2v) is 6.66. The molecule has 0 spiro atoms. The molecule has 1 aromatic carbocycles. The van der Waals surface area contributed by atoms with E-state index in [1.807, 2.05) is 36.9 Å². The zero-order valence-corrected chi connectivity index (χ0v) is 16.0. The first-order chi connectivity index (χ1) is 11.5. The molecule has 0 bridgehead atoms. The molecule has 1 fully saturated rings. The van der Waals surface area contributed by atoms with Crippen LogP contribution in [-0.4, -0.2) is 51.2 Å². The molecule has 0 aliphatic carbocycles. The Labute approximate surface area is 155 Å². The molecule has 2 aromatic rings. The lowest BCUT2D eigenvalue weighted by atomic mass is 10.0. The van der Waals surface area contributed by atoms with Crippen molar-refractivity contribution in [3.8, 4) is 5.69 Å². The van der Waals surface area contributed by atoms with Crippen LogP contribution in [0.5, 0.6) is 0 Å². The molecular formula is C18H26ClN5O. The number of carbonyl (C=O) groups is 1.